The number of halogens is 3. The van der Waals surface area contributed by atoms with Crippen LogP contribution in [0.25, 0.3) is 0 Å². The Hall–Kier alpha value is -2.80. The lowest BCUT2D eigenvalue weighted by atomic mass is 10.2. The number of urea groups is 1. The molecule has 1 aromatic carbocycles. The summed E-state index contributed by atoms with van der Waals surface area (Å²) in [5.74, 6) is -0.883. The van der Waals surface area contributed by atoms with Crippen LogP contribution in [0.3, 0.4) is 0 Å². The lowest BCUT2D eigenvalue weighted by Crippen LogP contribution is -2.40. The molecule has 3 rings (SSSR count). The molecule has 1 aromatic heterocycles. The molecule has 1 saturated heterocycles. The Labute approximate surface area is 180 Å². The molecule has 3 amide bonds. The topological polar surface area (TPSA) is 101 Å². The Kier molecular flexibility index (Phi) is 7.74. The summed E-state index contributed by atoms with van der Waals surface area (Å²) in [4.78, 5) is 25.6. The van der Waals surface area contributed by atoms with Gasteiger partial charge in [-0.05, 0) is 5.56 Å². The molecule has 2 aromatic rings. The fourth-order valence-corrected chi connectivity index (χ4v) is 3.55. The first-order valence-corrected chi connectivity index (χ1v) is 10.4. The maximum atomic E-state index is 13.1. The van der Waals surface area contributed by atoms with E-state index in [1.165, 1.54) is 0 Å². The summed E-state index contributed by atoms with van der Waals surface area (Å²) in [6.45, 7) is 0.485. The highest BCUT2D eigenvalue weighted by molar-refractivity contribution is 7.99. The lowest BCUT2D eigenvalue weighted by molar-refractivity contribution is -0.141. The van der Waals surface area contributed by atoms with E-state index < -0.39 is 24.7 Å². The number of thioether (sulfide) groups is 1. The Morgan fingerprint density at radius 1 is 1.13 bits per heavy atom. The van der Waals surface area contributed by atoms with Gasteiger partial charge in [0.25, 0.3) is 0 Å². The number of imide groups is 1. The van der Waals surface area contributed by atoms with Gasteiger partial charge in [0.1, 0.15) is 6.54 Å². The van der Waals surface area contributed by atoms with E-state index in [0.29, 0.717) is 26.3 Å². The molecule has 0 atom stereocenters. The van der Waals surface area contributed by atoms with Crippen molar-refractivity contribution in [3.63, 3.8) is 0 Å². The molecule has 1 aliphatic rings. The predicted molar refractivity (Wildman–Crippen MR) is 107 cm³/mol. The maximum absolute atomic E-state index is 13.1. The van der Waals surface area contributed by atoms with Gasteiger partial charge in [0.2, 0.25) is 11.9 Å². The summed E-state index contributed by atoms with van der Waals surface area (Å²) >= 11 is 0.777. The summed E-state index contributed by atoms with van der Waals surface area (Å²) < 4.78 is 45.4. The van der Waals surface area contributed by atoms with Crippen LogP contribution in [0.2, 0.25) is 0 Å². The van der Waals surface area contributed by atoms with E-state index in [9.17, 15) is 22.8 Å². The van der Waals surface area contributed by atoms with Crippen LogP contribution in [-0.2, 0) is 22.6 Å². The molecule has 0 aliphatic carbocycles. The number of hydrogen-bond donors (Lipinski definition) is 2. The number of carbonyl (C=O) groups excluding carboxylic acids is 2. The monoisotopic (exact) mass is 458 g/mol. The number of hydrogen-bond acceptors (Lipinski definition) is 7. The number of aromatic nitrogens is 3. The van der Waals surface area contributed by atoms with Crippen LogP contribution >= 0.6 is 11.8 Å². The van der Waals surface area contributed by atoms with Gasteiger partial charge in [-0.25, -0.2) is 4.79 Å². The van der Waals surface area contributed by atoms with E-state index in [2.05, 4.69) is 20.8 Å². The van der Waals surface area contributed by atoms with Crippen molar-refractivity contribution in [3.8, 4) is 0 Å². The van der Waals surface area contributed by atoms with Crippen LogP contribution in [0.15, 0.2) is 35.5 Å². The quantitative estimate of drug-likeness (QED) is 0.610. The largest absolute Gasteiger partial charge is 0.406 e. The summed E-state index contributed by atoms with van der Waals surface area (Å²) in [6, 6.07) is 8.42. The molecule has 0 unspecified atom stereocenters. The van der Waals surface area contributed by atoms with E-state index in [1.54, 1.807) is 4.90 Å². The number of nitrogens with zero attached hydrogens (tertiary/aromatic N) is 4. The molecule has 0 saturated carbocycles. The summed E-state index contributed by atoms with van der Waals surface area (Å²) in [6.07, 6.45) is -4.49. The van der Waals surface area contributed by atoms with Crippen molar-refractivity contribution in [3.05, 3.63) is 35.9 Å². The fourth-order valence-electron chi connectivity index (χ4n) is 2.82. The Bertz CT molecular complexity index is 887. The van der Waals surface area contributed by atoms with Gasteiger partial charge in [0.05, 0.1) is 19.0 Å². The van der Waals surface area contributed by atoms with Crippen LogP contribution in [-0.4, -0.2) is 64.9 Å². The number of amides is 3. The fraction of sp³-hybridized carbons (Fsp3) is 0.444. The van der Waals surface area contributed by atoms with Crippen LogP contribution in [0.4, 0.5) is 23.9 Å². The van der Waals surface area contributed by atoms with Crippen LogP contribution in [0.1, 0.15) is 5.56 Å². The second-order valence-electron chi connectivity index (χ2n) is 6.59. The number of benzene rings is 1. The molecule has 13 heteroatoms. The van der Waals surface area contributed by atoms with E-state index in [1.807, 2.05) is 30.3 Å². The van der Waals surface area contributed by atoms with Crippen molar-refractivity contribution in [2.75, 3.05) is 37.0 Å². The normalized spacial score (nSPS) is 14.4. The van der Waals surface area contributed by atoms with Gasteiger partial charge in [-0.1, -0.05) is 42.1 Å². The number of nitrogens with one attached hydrogen (secondary N) is 2. The molecule has 1 aliphatic heterocycles. The number of carbonyl (C=O) groups is 2. The van der Waals surface area contributed by atoms with Crippen LogP contribution < -0.4 is 15.5 Å². The molecule has 0 spiro atoms. The minimum absolute atomic E-state index is 0.0568. The van der Waals surface area contributed by atoms with Crippen LogP contribution in [0.5, 0.6) is 0 Å². The van der Waals surface area contributed by atoms with Gasteiger partial charge in [0.15, 0.2) is 5.16 Å². The number of morpholine rings is 1. The molecule has 9 nitrogen and oxygen atoms in total. The SMILES string of the molecule is O=C(CSc1nnc(N2CCOCC2)n1CC(F)(F)F)NC(=O)NCc1ccccc1. The van der Waals surface area contributed by atoms with E-state index >= 15 is 0 Å². The third-order valence-corrected chi connectivity index (χ3v) is 5.18. The maximum Gasteiger partial charge on any atom is 0.406 e. The average molecular weight is 458 g/mol. The third-order valence-electron chi connectivity index (χ3n) is 4.21. The molecular formula is C18H21F3N6O3S. The molecular weight excluding hydrogens is 437 g/mol. The van der Waals surface area contributed by atoms with Crippen molar-refractivity contribution < 1.29 is 27.5 Å². The zero-order chi connectivity index (χ0) is 22.3. The van der Waals surface area contributed by atoms with Crippen molar-refractivity contribution in [2.45, 2.75) is 24.4 Å². The molecule has 2 N–H and O–H groups in total. The Morgan fingerprint density at radius 2 is 1.84 bits per heavy atom. The third kappa shape index (κ3) is 7.14. The minimum Gasteiger partial charge on any atom is -0.378 e. The zero-order valence-electron chi connectivity index (χ0n) is 16.4. The predicted octanol–water partition coefficient (Wildman–Crippen LogP) is 1.80. The van der Waals surface area contributed by atoms with Gasteiger partial charge in [0, 0.05) is 19.6 Å². The van der Waals surface area contributed by atoms with Crippen molar-refractivity contribution >= 4 is 29.6 Å². The van der Waals surface area contributed by atoms with Gasteiger partial charge in [-0.3, -0.25) is 14.7 Å². The summed E-state index contributed by atoms with van der Waals surface area (Å²) in [7, 11) is 0. The molecule has 2 heterocycles. The van der Waals surface area contributed by atoms with Gasteiger partial charge in [-0.2, -0.15) is 13.2 Å². The first-order valence-electron chi connectivity index (χ1n) is 9.39. The lowest BCUT2D eigenvalue weighted by Gasteiger charge is -2.28. The van der Waals surface area contributed by atoms with Crippen molar-refractivity contribution in [2.24, 2.45) is 0 Å². The molecule has 168 valence electrons. The molecule has 1 fully saturated rings. The zero-order valence-corrected chi connectivity index (χ0v) is 17.2. The Balaban J connectivity index is 1.56. The minimum atomic E-state index is -4.49. The number of alkyl halides is 3. The first kappa shape index (κ1) is 22.9. The average Bonchev–Trinajstić information content (AvgIpc) is 3.13. The highest BCUT2D eigenvalue weighted by atomic mass is 32.2. The van der Waals surface area contributed by atoms with Gasteiger partial charge >= 0.3 is 12.2 Å². The summed E-state index contributed by atoms with van der Waals surface area (Å²) in [5.41, 5.74) is 0.857. The standard InChI is InChI=1S/C18H21F3N6O3S/c19-18(20,21)12-27-16(26-6-8-30-9-7-26)24-25-17(27)31-11-14(28)23-15(29)22-10-13-4-2-1-3-5-13/h1-5H,6-12H2,(H2,22,23,28,29). The number of ether oxygens (including phenoxy) is 1. The van der Waals surface area contributed by atoms with E-state index in [4.69, 9.17) is 4.74 Å². The highest BCUT2D eigenvalue weighted by Crippen LogP contribution is 2.27. The van der Waals surface area contributed by atoms with E-state index in [-0.39, 0.29) is 23.4 Å². The first-order chi connectivity index (χ1) is 14.8. The highest BCUT2D eigenvalue weighted by Gasteiger charge is 2.33. The second kappa shape index (κ2) is 10.5. The summed E-state index contributed by atoms with van der Waals surface area (Å²) in [5, 5.41) is 12.3. The second-order valence-corrected chi connectivity index (χ2v) is 7.53. The Morgan fingerprint density at radius 3 is 2.52 bits per heavy atom. The van der Waals surface area contributed by atoms with Gasteiger partial charge in [-0.15, -0.1) is 10.2 Å². The molecule has 31 heavy (non-hydrogen) atoms. The van der Waals surface area contributed by atoms with Crippen molar-refractivity contribution in [1.82, 2.24) is 25.4 Å². The number of anilines is 1. The van der Waals surface area contributed by atoms with E-state index in [0.717, 1.165) is 21.9 Å². The molecule has 0 bridgehead atoms. The number of rotatable bonds is 7. The smallest absolute Gasteiger partial charge is 0.378 e. The van der Waals surface area contributed by atoms with Crippen molar-refractivity contribution in [1.29, 1.82) is 0 Å². The molecule has 0 radical (unpaired) electrons. The van der Waals surface area contributed by atoms with Crippen LogP contribution in [0, 0.1) is 0 Å². The van der Waals surface area contributed by atoms with Gasteiger partial charge < -0.3 is 15.0 Å².